The number of amides is 1. The van der Waals surface area contributed by atoms with Crippen LogP contribution < -0.4 is 14.5 Å². The molecule has 0 saturated carbocycles. The third-order valence-electron chi connectivity index (χ3n) is 6.53. The Morgan fingerprint density at radius 2 is 1.72 bits per heavy atom. The van der Waals surface area contributed by atoms with Gasteiger partial charge in [0.1, 0.15) is 6.54 Å². The van der Waals surface area contributed by atoms with E-state index >= 15 is 0 Å². The molecule has 3 aromatic carbocycles. The van der Waals surface area contributed by atoms with Crippen molar-refractivity contribution < 1.29 is 13.2 Å². The molecule has 1 N–H and O–H groups in total. The Morgan fingerprint density at radius 1 is 1.06 bits per heavy atom. The highest BCUT2D eigenvalue weighted by molar-refractivity contribution is 9.10. The Hall–Kier alpha value is -2.84. The summed E-state index contributed by atoms with van der Waals surface area (Å²) >= 11 is 3.38. The molecule has 1 heterocycles. The van der Waals surface area contributed by atoms with Crippen molar-refractivity contribution in [3.05, 3.63) is 88.9 Å². The lowest BCUT2D eigenvalue weighted by Gasteiger charge is -2.33. The zero-order valence-electron chi connectivity index (χ0n) is 20.6. The summed E-state index contributed by atoms with van der Waals surface area (Å²) in [5.41, 5.74) is 2.59. The molecule has 36 heavy (non-hydrogen) atoms. The Morgan fingerprint density at radius 3 is 2.36 bits per heavy atom. The van der Waals surface area contributed by atoms with Gasteiger partial charge < -0.3 is 10.2 Å². The molecule has 4 rings (SSSR count). The van der Waals surface area contributed by atoms with E-state index in [1.807, 2.05) is 19.1 Å². The number of rotatable bonds is 8. The summed E-state index contributed by atoms with van der Waals surface area (Å²) < 4.78 is 28.9. The molecule has 6 nitrogen and oxygen atoms in total. The molecule has 1 saturated heterocycles. The van der Waals surface area contributed by atoms with Gasteiger partial charge in [0.25, 0.3) is 10.0 Å². The third kappa shape index (κ3) is 6.28. The summed E-state index contributed by atoms with van der Waals surface area (Å²) in [6.45, 7) is 6.00. The summed E-state index contributed by atoms with van der Waals surface area (Å²) in [6, 6.07) is 23.1. The van der Waals surface area contributed by atoms with Crippen molar-refractivity contribution in [2.24, 2.45) is 5.92 Å². The van der Waals surface area contributed by atoms with Crippen LogP contribution in [-0.2, 0) is 14.8 Å². The second-order valence-electron chi connectivity index (χ2n) is 9.38. The second-order valence-corrected chi connectivity index (χ2v) is 12.2. The molecule has 0 bridgehead atoms. The van der Waals surface area contributed by atoms with Crippen molar-refractivity contribution in [2.75, 3.05) is 28.8 Å². The molecule has 1 fully saturated rings. The Kier molecular flexibility index (Phi) is 8.36. The Labute approximate surface area is 222 Å². The Bertz CT molecular complexity index is 1270. The van der Waals surface area contributed by atoms with Crippen LogP contribution in [0.5, 0.6) is 0 Å². The van der Waals surface area contributed by atoms with Crippen LogP contribution in [0.4, 0.5) is 11.4 Å². The highest BCUT2D eigenvalue weighted by atomic mass is 79.9. The number of hydrogen-bond donors (Lipinski definition) is 1. The van der Waals surface area contributed by atoms with E-state index in [4.69, 9.17) is 0 Å². The lowest BCUT2D eigenvalue weighted by molar-refractivity contribution is -0.120. The lowest BCUT2D eigenvalue weighted by Crippen LogP contribution is -2.41. The van der Waals surface area contributed by atoms with Gasteiger partial charge in [-0.2, -0.15) is 0 Å². The van der Waals surface area contributed by atoms with Gasteiger partial charge in [-0.25, -0.2) is 8.42 Å². The molecule has 1 aliphatic heterocycles. The van der Waals surface area contributed by atoms with Gasteiger partial charge in [-0.1, -0.05) is 53.2 Å². The zero-order valence-corrected chi connectivity index (χ0v) is 23.0. The summed E-state index contributed by atoms with van der Waals surface area (Å²) in [6.07, 6.45) is 2.48. The maximum Gasteiger partial charge on any atom is 0.264 e. The first-order valence-electron chi connectivity index (χ1n) is 12.2. The quantitative estimate of drug-likeness (QED) is 0.374. The van der Waals surface area contributed by atoms with E-state index in [1.165, 1.54) is 30.7 Å². The maximum atomic E-state index is 13.4. The summed E-state index contributed by atoms with van der Waals surface area (Å²) in [5.74, 6) is 0.316. The van der Waals surface area contributed by atoms with Crippen molar-refractivity contribution in [3.8, 4) is 0 Å². The minimum absolute atomic E-state index is 0.136. The number of carbonyl (C=O) groups is 1. The number of anilines is 2. The minimum atomic E-state index is -3.93. The number of halogens is 1. The number of nitrogens with one attached hydrogen (secondary N) is 1. The van der Waals surface area contributed by atoms with E-state index in [9.17, 15) is 13.2 Å². The van der Waals surface area contributed by atoms with Crippen LogP contribution in [-0.4, -0.2) is 34.0 Å². The standard InChI is InChI=1S/C28H32BrN3O3S/c1-21-7-6-18-31(19-21)25-14-10-23(11-15-25)22(2)30-28(33)20-32(26-16-12-24(29)13-17-26)36(34,35)27-8-4-3-5-9-27/h3-5,8-17,21-22H,6-7,18-20H2,1-2H3,(H,30,33). The first-order chi connectivity index (χ1) is 17.2. The second kappa shape index (κ2) is 11.5. The summed E-state index contributed by atoms with van der Waals surface area (Å²) in [7, 11) is -3.93. The van der Waals surface area contributed by atoms with E-state index in [0.717, 1.165) is 27.4 Å². The number of benzene rings is 3. The van der Waals surface area contributed by atoms with Crippen molar-refractivity contribution in [3.63, 3.8) is 0 Å². The van der Waals surface area contributed by atoms with Crippen LogP contribution in [0.15, 0.2) is 88.2 Å². The van der Waals surface area contributed by atoms with E-state index in [1.54, 1.807) is 42.5 Å². The van der Waals surface area contributed by atoms with E-state index in [-0.39, 0.29) is 23.4 Å². The van der Waals surface area contributed by atoms with Crippen LogP contribution in [0.3, 0.4) is 0 Å². The van der Waals surface area contributed by atoms with E-state index in [2.05, 4.69) is 45.2 Å². The molecule has 0 aliphatic carbocycles. The average Bonchev–Trinajstić information content (AvgIpc) is 2.88. The molecule has 190 valence electrons. The van der Waals surface area contributed by atoms with Crippen LogP contribution in [0.25, 0.3) is 0 Å². The third-order valence-corrected chi connectivity index (χ3v) is 8.84. The van der Waals surface area contributed by atoms with Gasteiger partial charge in [-0.05, 0) is 79.8 Å². The predicted molar refractivity (Wildman–Crippen MR) is 149 cm³/mol. The first-order valence-corrected chi connectivity index (χ1v) is 14.4. The molecular formula is C28H32BrN3O3S. The lowest BCUT2D eigenvalue weighted by atomic mass is 9.99. The molecule has 2 atom stereocenters. The van der Waals surface area contributed by atoms with E-state index < -0.39 is 10.0 Å². The first kappa shape index (κ1) is 26.2. The molecule has 1 aliphatic rings. The van der Waals surface area contributed by atoms with Crippen molar-refractivity contribution in [1.82, 2.24) is 5.32 Å². The minimum Gasteiger partial charge on any atom is -0.371 e. The number of carbonyl (C=O) groups excluding carboxylic acids is 1. The summed E-state index contributed by atoms with van der Waals surface area (Å²) in [4.78, 5) is 15.6. The van der Waals surface area contributed by atoms with E-state index in [0.29, 0.717) is 11.6 Å². The van der Waals surface area contributed by atoms with Gasteiger partial charge in [-0.3, -0.25) is 9.10 Å². The molecule has 3 aromatic rings. The van der Waals surface area contributed by atoms with Crippen molar-refractivity contribution in [2.45, 2.75) is 37.6 Å². The van der Waals surface area contributed by atoms with Crippen LogP contribution in [0.1, 0.15) is 38.3 Å². The van der Waals surface area contributed by atoms with Crippen LogP contribution in [0, 0.1) is 5.92 Å². The Balaban J connectivity index is 1.48. The number of sulfonamides is 1. The van der Waals surface area contributed by atoms with Gasteiger partial charge in [-0.15, -0.1) is 0 Å². The van der Waals surface area contributed by atoms with Crippen molar-refractivity contribution >= 4 is 43.2 Å². The highest BCUT2D eigenvalue weighted by Crippen LogP contribution is 2.27. The largest absolute Gasteiger partial charge is 0.371 e. The number of nitrogens with zero attached hydrogens (tertiary/aromatic N) is 2. The van der Waals surface area contributed by atoms with Gasteiger partial charge in [0.05, 0.1) is 16.6 Å². The predicted octanol–water partition coefficient (Wildman–Crippen LogP) is 5.76. The molecular weight excluding hydrogens is 538 g/mol. The SMILES string of the molecule is CC1CCCN(c2ccc(C(C)NC(=O)CN(c3ccc(Br)cc3)S(=O)(=O)c3ccccc3)cc2)C1. The van der Waals surface area contributed by atoms with Gasteiger partial charge >= 0.3 is 0 Å². The van der Waals surface area contributed by atoms with Crippen LogP contribution >= 0.6 is 15.9 Å². The molecule has 8 heteroatoms. The number of piperidine rings is 1. The molecule has 2 unspecified atom stereocenters. The van der Waals surface area contributed by atoms with Crippen molar-refractivity contribution in [1.29, 1.82) is 0 Å². The molecule has 0 spiro atoms. The molecule has 0 aromatic heterocycles. The van der Waals surface area contributed by atoms with Gasteiger partial charge in [0.2, 0.25) is 5.91 Å². The highest BCUT2D eigenvalue weighted by Gasteiger charge is 2.27. The monoisotopic (exact) mass is 569 g/mol. The summed E-state index contributed by atoms with van der Waals surface area (Å²) in [5, 5.41) is 2.97. The fraction of sp³-hybridized carbons (Fsp3) is 0.321. The maximum absolute atomic E-state index is 13.4. The number of hydrogen-bond acceptors (Lipinski definition) is 4. The zero-order chi connectivity index (χ0) is 25.7. The molecule has 1 amide bonds. The smallest absolute Gasteiger partial charge is 0.264 e. The van der Waals surface area contributed by atoms with Crippen LogP contribution in [0.2, 0.25) is 0 Å². The average molecular weight is 571 g/mol. The van der Waals surface area contributed by atoms with Gasteiger partial charge in [0, 0.05) is 23.2 Å². The fourth-order valence-electron chi connectivity index (χ4n) is 4.54. The van der Waals surface area contributed by atoms with Gasteiger partial charge in [0.15, 0.2) is 0 Å². The molecule has 0 radical (unpaired) electrons. The normalized spacial score (nSPS) is 16.9. The topological polar surface area (TPSA) is 69.7 Å². The fourth-order valence-corrected chi connectivity index (χ4v) is 6.25.